The third-order valence-electron chi connectivity index (χ3n) is 2.85. The lowest BCUT2D eigenvalue weighted by Gasteiger charge is -2.14. The number of nitrogens with zero attached hydrogens (tertiary/aromatic N) is 1. The van der Waals surface area contributed by atoms with Crippen molar-refractivity contribution in [3.63, 3.8) is 0 Å². The number of hydrogen-bond donors (Lipinski definition) is 1. The van der Waals surface area contributed by atoms with E-state index in [1.165, 1.54) is 10.5 Å². The van der Waals surface area contributed by atoms with Gasteiger partial charge in [0, 0.05) is 23.6 Å². The molecule has 110 valence electrons. The zero-order valence-corrected chi connectivity index (χ0v) is 13.5. The van der Waals surface area contributed by atoms with Crippen molar-refractivity contribution in [1.82, 2.24) is 10.2 Å². The van der Waals surface area contributed by atoms with Gasteiger partial charge in [-0.25, -0.2) is 0 Å². The average molecular weight is 292 g/mol. The Hall–Kier alpha value is -1.26. The Balaban J connectivity index is 2.49. The van der Waals surface area contributed by atoms with Crippen LogP contribution in [0.5, 0.6) is 0 Å². The first-order chi connectivity index (χ1) is 9.52. The lowest BCUT2D eigenvalue weighted by molar-refractivity contribution is -0.117. The highest BCUT2D eigenvalue weighted by atomic mass is 32.2. The summed E-state index contributed by atoms with van der Waals surface area (Å²) in [5, 5.41) is 3.00. The molecular weight excluding hydrogens is 268 g/mol. The molecule has 0 bridgehead atoms. The highest BCUT2D eigenvalue weighted by Crippen LogP contribution is 2.20. The Kier molecular flexibility index (Phi) is 7.41. The predicted molar refractivity (Wildman–Crippen MR) is 87.2 cm³/mol. The molecule has 1 aromatic rings. The highest BCUT2D eigenvalue weighted by molar-refractivity contribution is 7.98. The maximum Gasteiger partial charge on any atom is 0.243 e. The quantitative estimate of drug-likeness (QED) is 0.619. The molecule has 0 saturated heterocycles. The molecule has 0 spiro atoms. The van der Waals surface area contributed by atoms with E-state index in [1.807, 2.05) is 44.1 Å². The molecule has 1 unspecified atom stereocenters. The summed E-state index contributed by atoms with van der Waals surface area (Å²) in [6.07, 6.45) is 6.41. The molecule has 1 rings (SSSR count). The number of carbonyl (C=O) groups is 1. The second-order valence-corrected chi connectivity index (χ2v) is 5.94. The number of nitrogens with one attached hydrogen (secondary N) is 1. The van der Waals surface area contributed by atoms with Crippen LogP contribution in [-0.4, -0.2) is 43.7 Å². The summed E-state index contributed by atoms with van der Waals surface area (Å²) in [6.45, 7) is 2.81. The number of amides is 1. The molecule has 20 heavy (non-hydrogen) atoms. The minimum absolute atomic E-state index is 0.0269. The van der Waals surface area contributed by atoms with Crippen LogP contribution in [0.25, 0.3) is 0 Å². The molecule has 0 radical (unpaired) electrons. The maximum atomic E-state index is 11.8. The Labute approximate surface area is 126 Å². The number of hydrogen-bond acceptors (Lipinski definition) is 3. The summed E-state index contributed by atoms with van der Waals surface area (Å²) in [5.74, 6) is -0.0269. The van der Waals surface area contributed by atoms with Gasteiger partial charge in [-0.3, -0.25) is 4.79 Å². The topological polar surface area (TPSA) is 32.3 Å². The van der Waals surface area contributed by atoms with E-state index in [9.17, 15) is 4.79 Å². The zero-order valence-electron chi connectivity index (χ0n) is 12.7. The van der Waals surface area contributed by atoms with Gasteiger partial charge in [-0.15, -0.1) is 11.8 Å². The van der Waals surface area contributed by atoms with Crippen molar-refractivity contribution in [3.8, 4) is 0 Å². The van der Waals surface area contributed by atoms with Crippen LogP contribution in [0.3, 0.4) is 0 Å². The molecular formula is C16H24N2OS. The van der Waals surface area contributed by atoms with Crippen LogP contribution < -0.4 is 5.32 Å². The predicted octanol–water partition coefficient (Wildman–Crippen LogP) is 2.57. The maximum absolute atomic E-state index is 11.8. The Morgan fingerprint density at radius 3 is 2.75 bits per heavy atom. The van der Waals surface area contributed by atoms with Crippen molar-refractivity contribution in [2.45, 2.75) is 24.3 Å². The fourth-order valence-corrected chi connectivity index (χ4v) is 2.54. The fourth-order valence-electron chi connectivity index (χ4n) is 1.91. The minimum Gasteiger partial charge on any atom is -0.350 e. The van der Waals surface area contributed by atoms with E-state index in [-0.39, 0.29) is 11.9 Å². The molecule has 0 fully saturated rings. The Morgan fingerprint density at radius 1 is 1.40 bits per heavy atom. The van der Waals surface area contributed by atoms with Crippen LogP contribution in [0.2, 0.25) is 0 Å². The van der Waals surface area contributed by atoms with Crippen LogP contribution in [0, 0.1) is 0 Å². The van der Waals surface area contributed by atoms with E-state index >= 15 is 0 Å². The lowest BCUT2D eigenvalue weighted by Crippen LogP contribution is -2.33. The molecule has 0 aromatic heterocycles. The van der Waals surface area contributed by atoms with Gasteiger partial charge >= 0.3 is 0 Å². The fraction of sp³-hybridized carbons (Fsp3) is 0.438. The third kappa shape index (κ3) is 6.26. The molecule has 0 heterocycles. The second kappa shape index (κ2) is 8.82. The van der Waals surface area contributed by atoms with E-state index in [0.717, 1.165) is 13.0 Å². The number of benzene rings is 1. The average Bonchev–Trinajstić information content (AvgIpc) is 2.38. The SMILES string of the molecule is CSc1ccccc1CC(C)NC(=O)/C=C/CN(C)C. The molecule has 1 aromatic carbocycles. The van der Waals surface area contributed by atoms with Crippen molar-refractivity contribution < 1.29 is 4.79 Å². The van der Waals surface area contributed by atoms with Gasteiger partial charge in [0.05, 0.1) is 0 Å². The van der Waals surface area contributed by atoms with Crippen molar-refractivity contribution >= 4 is 17.7 Å². The summed E-state index contributed by atoms with van der Waals surface area (Å²) in [6, 6.07) is 8.45. The molecule has 0 aliphatic rings. The monoisotopic (exact) mass is 292 g/mol. The Morgan fingerprint density at radius 2 is 2.10 bits per heavy atom. The first kappa shape index (κ1) is 16.8. The molecule has 1 atom stereocenters. The summed E-state index contributed by atoms with van der Waals surface area (Å²) in [5.41, 5.74) is 1.28. The van der Waals surface area contributed by atoms with Crippen LogP contribution in [0.1, 0.15) is 12.5 Å². The first-order valence-electron chi connectivity index (χ1n) is 6.76. The van der Waals surface area contributed by atoms with Gasteiger partial charge in [0.15, 0.2) is 0 Å². The van der Waals surface area contributed by atoms with Gasteiger partial charge in [0.25, 0.3) is 0 Å². The minimum atomic E-state index is -0.0269. The summed E-state index contributed by atoms with van der Waals surface area (Å²) in [7, 11) is 3.95. The largest absolute Gasteiger partial charge is 0.350 e. The normalized spacial score (nSPS) is 12.8. The first-order valence-corrected chi connectivity index (χ1v) is 7.99. The summed E-state index contributed by atoms with van der Waals surface area (Å²) >= 11 is 1.74. The standard InChI is InChI=1S/C16H24N2OS/c1-13(17-16(19)10-7-11-18(2)3)12-14-8-5-6-9-15(14)20-4/h5-10,13H,11-12H2,1-4H3,(H,17,19)/b10-7+. The van der Waals surface area contributed by atoms with Gasteiger partial charge in [-0.2, -0.15) is 0 Å². The van der Waals surface area contributed by atoms with Crippen molar-refractivity contribution in [3.05, 3.63) is 42.0 Å². The molecule has 0 saturated carbocycles. The van der Waals surface area contributed by atoms with Crippen molar-refractivity contribution in [2.75, 3.05) is 26.9 Å². The van der Waals surface area contributed by atoms with Crippen LogP contribution in [0.4, 0.5) is 0 Å². The van der Waals surface area contributed by atoms with E-state index in [4.69, 9.17) is 0 Å². The second-order valence-electron chi connectivity index (χ2n) is 5.09. The third-order valence-corrected chi connectivity index (χ3v) is 3.69. The van der Waals surface area contributed by atoms with E-state index < -0.39 is 0 Å². The molecule has 0 aliphatic heterocycles. The summed E-state index contributed by atoms with van der Waals surface area (Å²) < 4.78 is 0. The van der Waals surface area contributed by atoms with Gasteiger partial charge in [0.1, 0.15) is 0 Å². The number of likely N-dealkylation sites (N-methyl/N-ethyl adjacent to an activating group) is 1. The van der Waals surface area contributed by atoms with Crippen LogP contribution >= 0.6 is 11.8 Å². The van der Waals surface area contributed by atoms with Gasteiger partial charge in [0.2, 0.25) is 5.91 Å². The van der Waals surface area contributed by atoms with E-state index in [2.05, 4.69) is 23.7 Å². The van der Waals surface area contributed by atoms with E-state index in [0.29, 0.717) is 0 Å². The lowest BCUT2D eigenvalue weighted by atomic mass is 10.1. The van der Waals surface area contributed by atoms with Gasteiger partial charge in [-0.05, 0) is 45.3 Å². The van der Waals surface area contributed by atoms with Crippen LogP contribution in [-0.2, 0) is 11.2 Å². The van der Waals surface area contributed by atoms with Crippen molar-refractivity contribution in [2.24, 2.45) is 0 Å². The smallest absolute Gasteiger partial charge is 0.243 e. The number of thioether (sulfide) groups is 1. The van der Waals surface area contributed by atoms with Gasteiger partial charge in [-0.1, -0.05) is 24.3 Å². The molecule has 1 N–H and O–H groups in total. The number of rotatable bonds is 7. The van der Waals surface area contributed by atoms with Crippen molar-refractivity contribution in [1.29, 1.82) is 0 Å². The summed E-state index contributed by atoms with van der Waals surface area (Å²) in [4.78, 5) is 15.0. The van der Waals surface area contributed by atoms with E-state index in [1.54, 1.807) is 17.8 Å². The van der Waals surface area contributed by atoms with Crippen LogP contribution in [0.15, 0.2) is 41.3 Å². The molecule has 1 amide bonds. The van der Waals surface area contributed by atoms with Gasteiger partial charge < -0.3 is 10.2 Å². The zero-order chi connectivity index (χ0) is 15.0. The molecule has 0 aliphatic carbocycles. The Bertz CT molecular complexity index is 458. The molecule has 3 nitrogen and oxygen atoms in total. The highest BCUT2D eigenvalue weighted by Gasteiger charge is 2.08. The molecule has 4 heteroatoms. The number of carbonyl (C=O) groups excluding carboxylic acids is 1.